The summed E-state index contributed by atoms with van der Waals surface area (Å²) in [7, 11) is 1.82. The first kappa shape index (κ1) is 17.9. The van der Waals surface area contributed by atoms with Gasteiger partial charge in [0.1, 0.15) is 0 Å². The number of aliphatic imine (C=N–C) groups is 1. The zero-order chi connectivity index (χ0) is 14.7. The number of fused-ring (bicyclic) bond motifs is 1. The number of aliphatic hydroxyl groups is 1. The largest absolute Gasteiger partial charge is 0.387 e. The van der Waals surface area contributed by atoms with E-state index in [1.807, 2.05) is 18.8 Å². The molecule has 0 radical (unpaired) electrons. The van der Waals surface area contributed by atoms with Crippen LogP contribution in [0.5, 0.6) is 0 Å². The van der Waals surface area contributed by atoms with Crippen molar-refractivity contribution in [1.82, 2.24) is 10.2 Å². The van der Waals surface area contributed by atoms with Crippen LogP contribution < -0.4 is 5.32 Å². The number of benzene rings is 1. The van der Waals surface area contributed by atoms with Gasteiger partial charge in [-0.1, -0.05) is 24.3 Å². The monoisotopic (exact) mass is 433 g/mol. The van der Waals surface area contributed by atoms with E-state index in [1.54, 1.807) is 0 Å². The molecule has 22 heavy (non-hydrogen) atoms. The normalized spacial score (nSPS) is 24.6. The average molecular weight is 433 g/mol. The van der Waals surface area contributed by atoms with Crippen molar-refractivity contribution in [1.29, 1.82) is 0 Å². The van der Waals surface area contributed by atoms with Crippen LogP contribution in [0.15, 0.2) is 29.3 Å². The third-order valence-corrected chi connectivity index (χ3v) is 5.53. The number of nitrogens with one attached hydrogen (secondary N) is 1. The maximum absolute atomic E-state index is 10.4. The van der Waals surface area contributed by atoms with E-state index < -0.39 is 5.60 Å². The Balaban J connectivity index is 0.00000176. The number of nitrogens with zero attached hydrogens (tertiary/aromatic N) is 2. The molecule has 1 atom stereocenters. The predicted octanol–water partition coefficient (Wildman–Crippen LogP) is 2.11. The maximum Gasteiger partial charge on any atom is 0.194 e. The molecular weight excluding hydrogens is 409 g/mol. The molecule has 6 heteroatoms. The minimum absolute atomic E-state index is 0. The first-order chi connectivity index (χ1) is 10.2. The fourth-order valence-corrected chi connectivity index (χ4v) is 4.28. The second-order valence-electron chi connectivity index (χ2n) is 5.87. The highest BCUT2D eigenvalue weighted by molar-refractivity contribution is 14.0. The molecule has 122 valence electrons. The summed E-state index contributed by atoms with van der Waals surface area (Å²) >= 11 is 1.82. The van der Waals surface area contributed by atoms with Crippen LogP contribution in [0.25, 0.3) is 0 Å². The summed E-state index contributed by atoms with van der Waals surface area (Å²) in [5.41, 5.74) is 2.24. The zero-order valence-corrected chi connectivity index (χ0v) is 16.1. The fraction of sp³-hybridized carbons (Fsp3) is 0.562. The van der Waals surface area contributed by atoms with Crippen LogP contribution in [0, 0.1) is 0 Å². The minimum atomic E-state index is -0.575. The molecule has 0 saturated carbocycles. The third-order valence-electron chi connectivity index (χ3n) is 4.30. The summed E-state index contributed by atoms with van der Waals surface area (Å²) in [4.78, 5) is 6.66. The highest BCUT2D eigenvalue weighted by Crippen LogP contribution is 2.27. The average Bonchev–Trinajstić information content (AvgIpc) is 2.95. The van der Waals surface area contributed by atoms with Crippen molar-refractivity contribution in [2.24, 2.45) is 4.99 Å². The summed E-state index contributed by atoms with van der Waals surface area (Å²) < 4.78 is 0. The lowest BCUT2D eigenvalue weighted by molar-refractivity contribution is 0.0716. The number of hydrogen-bond donors (Lipinski definition) is 2. The number of guanidine groups is 1. The van der Waals surface area contributed by atoms with E-state index in [0.717, 1.165) is 43.4 Å². The van der Waals surface area contributed by atoms with Crippen LogP contribution in [0.3, 0.4) is 0 Å². The molecule has 2 aliphatic heterocycles. The van der Waals surface area contributed by atoms with Crippen LogP contribution >= 0.6 is 35.7 Å². The van der Waals surface area contributed by atoms with Gasteiger partial charge in [-0.2, -0.15) is 11.8 Å². The third kappa shape index (κ3) is 4.08. The quantitative estimate of drug-likeness (QED) is 0.426. The van der Waals surface area contributed by atoms with E-state index in [-0.39, 0.29) is 24.0 Å². The van der Waals surface area contributed by atoms with Gasteiger partial charge in [-0.3, -0.25) is 4.99 Å². The van der Waals surface area contributed by atoms with Crippen LogP contribution in [-0.4, -0.2) is 53.2 Å². The fourth-order valence-electron chi connectivity index (χ4n) is 2.99. The lowest BCUT2D eigenvalue weighted by Crippen LogP contribution is -2.50. The van der Waals surface area contributed by atoms with E-state index in [2.05, 4.69) is 39.5 Å². The highest BCUT2D eigenvalue weighted by Gasteiger charge is 2.32. The Kier molecular flexibility index (Phi) is 6.40. The van der Waals surface area contributed by atoms with Crippen molar-refractivity contribution in [2.45, 2.75) is 25.0 Å². The number of halogens is 1. The Labute approximate surface area is 153 Å². The van der Waals surface area contributed by atoms with Gasteiger partial charge in [0.15, 0.2) is 5.96 Å². The lowest BCUT2D eigenvalue weighted by Gasteiger charge is -2.33. The van der Waals surface area contributed by atoms with Crippen molar-refractivity contribution in [3.63, 3.8) is 0 Å². The Bertz CT molecular complexity index is 532. The molecule has 0 spiro atoms. The molecule has 1 unspecified atom stereocenters. The maximum atomic E-state index is 10.4. The number of hydrogen-bond acceptors (Lipinski definition) is 3. The highest BCUT2D eigenvalue weighted by atomic mass is 127. The van der Waals surface area contributed by atoms with E-state index in [9.17, 15) is 5.11 Å². The molecular formula is C16H24IN3OS. The smallest absolute Gasteiger partial charge is 0.194 e. The molecule has 1 aromatic carbocycles. The zero-order valence-electron chi connectivity index (χ0n) is 12.9. The van der Waals surface area contributed by atoms with Crippen LogP contribution in [0.2, 0.25) is 0 Å². The van der Waals surface area contributed by atoms with Gasteiger partial charge in [-0.05, 0) is 29.7 Å². The first-order valence-corrected chi connectivity index (χ1v) is 8.68. The second kappa shape index (κ2) is 7.88. The van der Waals surface area contributed by atoms with Crippen molar-refractivity contribution in [2.75, 3.05) is 31.6 Å². The molecule has 1 aromatic rings. The van der Waals surface area contributed by atoms with E-state index in [4.69, 9.17) is 0 Å². The molecule has 3 rings (SSSR count). The van der Waals surface area contributed by atoms with E-state index in [0.29, 0.717) is 6.54 Å². The molecule has 1 saturated heterocycles. The minimum Gasteiger partial charge on any atom is -0.387 e. The van der Waals surface area contributed by atoms with Gasteiger partial charge < -0.3 is 15.3 Å². The van der Waals surface area contributed by atoms with Crippen molar-refractivity contribution in [3.05, 3.63) is 35.4 Å². The SMILES string of the molecule is CN=C(NCC1(O)CCSC1)N1CCc2ccccc2C1.I. The Morgan fingerprint density at radius 3 is 2.86 bits per heavy atom. The van der Waals surface area contributed by atoms with Gasteiger partial charge in [0, 0.05) is 32.4 Å². The first-order valence-electron chi connectivity index (χ1n) is 7.53. The second-order valence-corrected chi connectivity index (χ2v) is 6.97. The van der Waals surface area contributed by atoms with Crippen LogP contribution in [-0.2, 0) is 13.0 Å². The topological polar surface area (TPSA) is 47.9 Å². The van der Waals surface area contributed by atoms with Gasteiger partial charge in [0.2, 0.25) is 0 Å². The molecule has 1 fully saturated rings. The Morgan fingerprint density at radius 2 is 2.18 bits per heavy atom. The van der Waals surface area contributed by atoms with Gasteiger partial charge in [0.05, 0.1) is 5.60 Å². The molecule has 0 amide bonds. The summed E-state index contributed by atoms with van der Waals surface area (Å²) in [5, 5.41) is 13.8. The summed E-state index contributed by atoms with van der Waals surface area (Å²) in [5.74, 6) is 2.77. The lowest BCUT2D eigenvalue weighted by atomic mass is 10.00. The van der Waals surface area contributed by atoms with Gasteiger partial charge >= 0.3 is 0 Å². The summed E-state index contributed by atoms with van der Waals surface area (Å²) in [6, 6.07) is 8.60. The summed E-state index contributed by atoms with van der Waals surface area (Å²) in [6.07, 6.45) is 1.92. The molecule has 0 bridgehead atoms. The molecule has 2 heterocycles. The van der Waals surface area contributed by atoms with Crippen molar-refractivity contribution >= 4 is 41.7 Å². The van der Waals surface area contributed by atoms with Gasteiger partial charge in [-0.15, -0.1) is 24.0 Å². The standard InChI is InChI=1S/C16H23N3OS.HI/c1-17-15(18-11-16(20)7-9-21-12-16)19-8-6-13-4-2-3-5-14(13)10-19;/h2-5,20H,6-12H2,1H3,(H,17,18);1H. The molecule has 0 aliphatic carbocycles. The molecule has 4 nitrogen and oxygen atoms in total. The molecule has 2 aliphatic rings. The van der Waals surface area contributed by atoms with E-state index >= 15 is 0 Å². The van der Waals surface area contributed by atoms with Gasteiger partial charge in [0.25, 0.3) is 0 Å². The molecule has 0 aromatic heterocycles. The van der Waals surface area contributed by atoms with Gasteiger partial charge in [-0.25, -0.2) is 0 Å². The van der Waals surface area contributed by atoms with Crippen LogP contribution in [0.4, 0.5) is 0 Å². The number of rotatable bonds is 2. The summed E-state index contributed by atoms with van der Waals surface area (Å²) in [6.45, 7) is 2.46. The van der Waals surface area contributed by atoms with Crippen molar-refractivity contribution in [3.8, 4) is 0 Å². The Morgan fingerprint density at radius 1 is 1.41 bits per heavy atom. The predicted molar refractivity (Wildman–Crippen MR) is 104 cm³/mol. The molecule has 2 N–H and O–H groups in total. The number of thioether (sulfide) groups is 1. The van der Waals surface area contributed by atoms with E-state index in [1.165, 1.54) is 11.1 Å². The van der Waals surface area contributed by atoms with Crippen molar-refractivity contribution < 1.29 is 5.11 Å². The Hall–Kier alpha value is -0.470. The van der Waals surface area contributed by atoms with Crippen LogP contribution in [0.1, 0.15) is 17.5 Å².